The average molecular weight is 395 g/mol. The number of ether oxygens (including phenoxy) is 3. The Kier molecular flexibility index (Phi) is 8.63. The summed E-state index contributed by atoms with van der Waals surface area (Å²) in [4.78, 5) is 13.2. The van der Waals surface area contributed by atoms with E-state index in [1.54, 1.807) is 33.5 Å². The second kappa shape index (κ2) is 9.84. The first-order valence-electron chi connectivity index (χ1n) is 8.85. The monoisotopic (exact) mass is 395 g/mol. The van der Waals surface area contributed by atoms with Gasteiger partial charge in [-0.05, 0) is 44.5 Å². The van der Waals surface area contributed by atoms with Crippen LogP contribution in [0.5, 0.6) is 17.2 Å². The summed E-state index contributed by atoms with van der Waals surface area (Å²) in [6.45, 7) is 10.5. The molecule has 4 nitrogen and oxygen atoms in total. The molecule has 2 aromatic rings. The summed E-state index contributed by atoms with van der Waals surface area (Å²) in [6, 6.07) is 7.79. The van der Waals surface area contributed by atoms with E-state index >= 15 is 0 Å². The molecule has 0 aliphatic rings. The van der Waals surface area contributed by atoms with Gasteiger partial charge in [0.05, 0.1) is 26.6 Å². The third-order valence-electron chi connectivity index (χ3n) is 4.58. The van der Waals surface area contributed by atoms with Crippen LogP contribution >= 0.6 is 8.58 Å². The number of benzene rings is 2. The first kappa shape index (κ1) is 24.6. The maximum atomic E-state index is 13.2. The molecule has 0 fully saturated rings. The molecular weight excluding hydrogens is 366 g/mol. The maximum Gasteiger partial charge on any atom is 0.186 e. The first-order valence-corrected chi connectivity index (χ1v) is 9.85. The summed E-state index contributed by atoms with van der Waals surface area (Å²) in [7, 11) is 4.65. The third-order valence-corrected chi connectivity index (χ3v) is 5.80. The van der Waals surface area contributed by atoms with Crippen LogP contribution in [-0.2, 0) is 5.41 Å². The van der Waals surface area contributed by atoms with Gasteiger partial charge in [-0.15, -0.1) is 0 Å². The zero-order chi connectivity index (χ0) is 20.4. The van der Waals surface area contributed by atoms with Gasteiger partial charge in [-0.3, -0.25) is 4.79 Å². The zero-order valence-electron chi connectivity index (χ0n) is 18.4. The van der Waals surface area contributed by atoms with E-state index in [9.17, 15) is 4.79 Å². The van der Waals surface area contributed by atoms with E-state index in [2.05, 4.69) is 32.9 Å². The SMILES string of the molecule is COc1cc(OC)c(PC(=O)c2c(C)cc(C(C)(C)C)cc2C)c(OC)c1.[Li]. The first-order chi connectivity index (χ1) is 12.6. The predicted octanol–water partition coefficient (Wildman–Crippen LogP) is 4.39. The summed E-state index contributed by atoms with van der Waals surface area (Å²) >= 11 is 0. The molecule has 0 aromatic heterocycles. The van der Waals surface area contributed by atoms with E-state index in [1.165, 1.54) is 5.56 Å². The molecule has 0 saturated carbocycles. The predicted molar refractivity (Wildman–Crippen MR) is 119 cm³/mol. The van der Waals surface area contributed by atoms with Gasteiger partial charge in [0.25, 0.3) is 0 Å². The quantitative estimate of drug-likeness (QED) is 0.538. The number of aryl methyl sites for hydroxylation is 2. The van der Waals surface area contributed by atoms with Crippen LogP contribution in [0.3, 0.4) is 0 Å². The van der Waals surface area contributed by atoms with Crippen molar-refractivity contribution in [2.75, 3.05) is 21.3 Å². The Labute approximate surface area is 182 Å². The molecule has 147 valence electrons. The summed E-state index contributed by atoms with van der Waals surface area (Å²) in [5.41, 5.74) is 4.14. The van der Waals surface area contributed by atoms with Gasteiger partial charge in [-0.1, -0.05) is 32.9 Å². The molecule has 0 saturated heterocycles. The molecule has 6 heteroatoms. The number of carbonyl (C=O) groups is 1. The van der Waals surface area contributed by atoms with Crippen LogP contribution in [0.4, 0.5) is 0 Å². The largest absolute Gasteiger partial charge is 0.496 e. The molecule has 0 spiro atoms. The van der Waals surface area contributed by atoms with E-state index in [4.69, 9.17) is 14.2 Å². The molecule has 28 heavy (non-hydrogen) atoms. The number of methoxy groups -OCH3 is 3. The van der Waals surface area contributed by atoms with Gasteiger partial charge < -0.3 is 14.2 Å². The van der Waals surface area contributed by atoms with Crippen LogP contribution < -0.4 is 19.5 Å². The van der Waals surface area contributed by atoms with Crippen molar-refractivity contribution < 1.29 is 19.0 Å². The van der Waals surface area contributed by atoms with Gasteiger partial charge in [-0.25, -0.2) is 0 Å². The Hall–Kier alpha value is -1.46. The molecular formula is C22H29LiO4P. The Morgan fingerprint density at radius 2 is 1.32 bits per heavy atom. The fourth-order valence-corrected chi connectivity index (χ4v) is 4.40. The van der Waals surface area contributed by atoms with Gasteiger partial charge in [0.1, 0.15) is 17.2 Å². The normalized spacial score (nSPS) is 11.3. The van der Waals surface area contributed by atoms with Crippen molar-refractivity contribution in [3.63, 3.8) is 0 Å². The fourth-order valence-electron chi connectivity index (χ4n) is 3.06. The molecule has 0 heterocycles. The van der Waals surface area contributed by atoms with Crippen molar-refractivity contribution in [2.45, 2.75) is 40.0 Å². The minimum atomic E-state index is -0.103. The zero-order valence-corrected chi connectivity index (χ0v) is 19.4. The number of hydrogen-bond donors (Lipinski definition) is 0. The van der Waals surface area contributed by atoms with Gasteiger partial charge in [0, 0.05) is 36.6 Å². The van der Waals surface area contributed by atoms with Crippen LogP contribution in [0, 0.1) is 13.8 Å². The second-order valence-corrected chi connectivity index (χ2v) is 8.80. The van der Waals surface area contributed by atoms with E-state index in [1.807, 2.05) is 13.8 Å². The van der Waals surface area contributed by atoms with E-state index in [0.29, 0.717) is 17.2 Å². The third kappa shape index (κ3) is 5.32. The molecule has 1 radical (unpaired) electrons. The Morgan fingerprint density at radius 3 is 1.68 bits per heavy atom. The van der Waals surface area contributed by atoms with E-state index in [0.717, 1.165) is 22.0 Å². The Bertz CT molecular complexity index is 808. The molecule has 2 aromatic carbocycles. The minimum Gasteiger partial charge on any atom is -0.496 e. The van der Waals surface area contributed by atoms with Crippen molar-refractivity contribution in [1.29, 1.82) is 0 Å². The van der Waals surface area contributed by atoms with Crippen LogP contribution in [0.1, 0.15) is 47.8 Å². The van der Waals surface area contributed by atoms with Gasteiger partial charge in [-0.2, -0.15) is 0 Å². The molecule has 2 rings (SSSR count). The molecule has 0 aliphatic carbocycles. The molecule has 1 unspecified atom stereocenters. The smallest absolute Gasteiger partial charge is 0.186 e. The summed E-state index contributed by atoms with van der Waals surface area (Å²) < 4.78 is 16.3. The Morgan fingerprint density at radius 1 is 0.857 bits per heavy atom. The van der Waals surface area contributed by atoms with Gasteiger partial charge in [0.2, 0.25) is 0 Å². The van der Waals surface area contributed by atoms with Crippen molar-refractivity contribution >= 4 is 38.3 Å². The summed E-state index contributed by atoms with van der Waals surface area (Å²) in [5.74, 6) is 1.82. The molecule has 0 N–H and O–H groups in total. The average Bonchev–Trinajstić information content (AvgIpc) is 2.60. The van der Waals surface area contributed by atoms with Crippen LogP contribution in [0.2, 0.25) is 0 Å². The van der Waals surface area contributed by atoms with E-state index in [-0.39, 0.29) is 38.4 Å². The van der Waals surface area contributed by atoms with Crippen molar-refractivity contribution in [2.24, 2.45) is 0 Å². The fraction of sp³-hybridized carbons (Fsp3) is 0.409. The van der Waals surface area contributed by atoms with Crippen molar-refractivity contribution in [3.05, 3.63) is 46.5 Å². The summed E-state index contributed by atoms with van der Waals surface area (Å²) in [5, 5.41) is 0.754. The molecule has 1 atom stereocenters. The molecule has 0 bridgehead atoms. The van der Waals surface area contributed by atoms with Gasteiger partial charge >= 0.3 is 0 Å². The number of rotatable bonds is 6. The van der Waals surface area contributed by atoms with Crippen LogP contribution in [0.15, 0.2) is 24.3 Å². The topological polar surface area (TPSA) is 44.8 Å². The van der Waals surface area contributed by atoms with E-state index < -0.39 is 0 Å². The molecule has 0 amide bonds. The van der Waals surface area contributed by atoms with Crippen LogP contribution in [0.25, 0.3) is 0 Å². The van der Waals surface area contributed by atoms with Crippen LogP contribution in [-0.4, -0.2) is 45.7 Å². The van der Waals surface area contributed by atoms with Crippen molar-refractivity contribution in [1.82, 2.24) is 0 Å². The number of carbonyl (C=O) groups excluding carboxylic acids is 1. The Balaban J connectivity index is 0.00000392. The number of hydrogen-bond acceptors (Lipinski definition) is 4. The standard InChI is InChI=1S/C22H29O4P.Li/c1-13-9-15(22(3,4)5)10-14(2)19(13)21(23)27-20-17(25-7)11-16(24-6)12-18(20)26-8;/h9-12,27H,1-8H3;. The minimum absolute atomic E-state index is 0. The molecule has 0 aliphatic heterocycles. The second-order valence-electron chi connectivity index (χ2n) is 7.60. The van der Waals surface area contributed by atoms with Crippen molar-refractivity contribution in [3.8, 4) is 17.2 Å². The summed E-state index contributed by atoms with van der Waals surface area (Å²) in [6.07, 6.45) is 0. The van der Waals surface area contributed by atoms with Gasteiger partial charge in [0.15, 0.2) is 5.52 Å². The maximum absolute atomic E-state index is 13.2.